The molecule has 18 heteroatoms. The Balaban J connectivity index is 0.000000239. The molecule has 0 atom stereocenters. The van der Waals surface area contributed by atoms with Gasteiger partial charge in [-0.2, -0.15) is 8.61 Å². The Bertz CT molecular complexity index is 2060. The number of nitrogens with two attached hydrogens (primary N) is 1. The van der Waals surface area contributed by atoms with Crippen molar-refractivity contribution >= 4 is 42.8 Å². The van der Waals surface area contributed by atoms with Gasteiger partial charge in [0.15, 0.2) is 0 Å². The zero-order chi connectivity index (χ0) is 37.8. The number of likely N-dealkylation sites (N-methyl/N-ethyl adjacent to an activating group) is 1. The van der Waals surface area contributed by atoms with Crippen LogP contribution >= 0.6 is 0 Å². The first-order chi connectivity index (χ1) is 25.4. The summed E-state index contributed by atoms with van der Waals surface area (Å²) in [6.45, 7) is 7.05. The Hall–Kier alpha value is -4.17. The van der Waals surface area contributed by atoms with Gasteiger partial charge in [0.2, 0.25) is 20.0 Å². The Morgan fingerprint density at radius 1 is 0.796 bits per heavy atom. The van der Waals surface area contributed by atoms with Crippen molar-refractivity contribution in [3.8, 4) is 11.1 Å². The highest BCUT2D eigenvalue weighted by atomic mass is 32.2. The van der Waals surface area contributed by atoms with Crippen molar-refractivity contribution < 1.29 is 27.0 Å². The van der Waals surface area contributed by atoms with Gasteiger partial charge in [-0.05, 0) is 73.8 Å². The number of benzene rings is 3. The topological polar surface area (TPSA) is 207 Å². The lowest BCUT2D eigenvalue weighted by molar-refractivity contribution is -0.384. The molecule has 5 N–H and O–H groups in total. The van der Waals surface area contributed by atoms with Crippen LogP contribution in [0.3, 0.4) is 0 Å². The minimum absolute atomic E-state index is 0. The molecule has 0 radical (unpaired) electrons. The lowest BCUT2D eigenvalue weighted by atomic mass is 10.1. The first-order valence-electron chi connectivity index (χ1n) is 17.8. The molecule has 0 amide bonds. The number of oxime groups is 1. The lowest BCUT2D eigenvalue weighted by Gasteiger charge is -2.31. The third kappa shape index (κ3) is 8.54. The van der Waals surface area contributed by atoms with Gasteiger partial charge in [-0.1, -0.05) is 24.7 Å². The van der Waals surface area contributed by atoms with Crippen LogP contribution in [0.1, 0.15) is 37.8 Å². The summed E-state index contributed by atoms with van der Waals surface area (Å²) >= 11 is 0. The Kier molecular flexibility index (Phi) is 13.3. The van der Waals surface area contributed by atoms with Gasteiger partial charge in [0, 0.05) is 101 Å². The first kappa shape index (κ1) is 41.0. The molecule has 0 spiro atoms. The van der Waals surface area contributed by atoms with E-state index in [9.17, 15) is 32.2 Å². The molecule has 0 unspecified atom stereocenters. The van der Waals surface area contributed by atoms with Crippen LogP contribution in [0.2, 0.25) is 0 Å². The summed E-state index contributed by atoms with van der Waals surface area (Å²) in [6.07, 6.45) is 3.39. The number of hydrogen-bond donors (Lipinski definition) is 4. The Labute approximate surface area is 317 Å². The fourth-order valence-corrected chi connectivity index (χ4v) is 10.0. The summed E-state index contributed by atoms with van der Waals surface area (Å²) in [6, 6.07) is 14.7. The molecule has 3 fully saturated rings. The number of nitrogens with zero attached hydrogens (tertiary/aromatic N) is 6. The molecule has 1 aliphatic carbocycles. The SMILES string of the molecule is C.CN1CCN(S(=O)(=O)c2ccc3c(c2)/C(=N/O)c2cc(S(=O)(=O)N4CCNCC4)ccc2-3)CC1.NCCNc1ccc([N+](=O)[O-])c(N2CCCCC2)c1. The maximum atomic E-state index is 13.2. The second-order valence-corrected chi connectivity index (χ2v) is 17.3. The molecule has 7 rings (SSSR count). The Morgan fingerprint density at radius 2 is 1.35 bits per heavy atom. The van der Waals surface area contributed by atoms with Gasteiger partial charge in [-0.25, -0.2) is 16.8 Å². The van der Waals surface area contributed by atoms with Crippen molar-refractivity contribution in [2.75, 3.05) is 95.8 Å². The molecular formula is C36H51N9O7S2. The van der Waals surface area contributed by atoms with E-state index in [1.165, 1.54) is 27.2 Å². The van der Waals surface area contributed by atoms with E-state index in [0.717, 1.165) is 31.6 Å². The van der Waals surface area contributed by atoms with Gasteiger partial charge in [0.25, 0.3) is 5.69 Å². The van der Waals surface area contributed by atoms with Crippen LogP contribution in [0.15, 0.2) is 69.5 Å². The zero-order valence-electron chi connectivity index (χ0n) is 29.8. The van der Waals surface area contributed by atoms with Crippen LogP contribution in [-0.4, -0.2) is 132 Å². The maximum Gasteiger partial charge on any atom is 0.292 e. The average molecular weight is 786 g/mol. The number of rotatable bonds is 9. The van der Waals surface area contributed by atoms with Crippen LogP contribution in [-0.2, 0) is 20.0 Å². The van der Waals surface area contributed by atoms with E-state index in [1.807, 2.05) is 13.1 Å². The number of piperidine rings is 1. The number of sulfonamides is 2. The van der Waals surface area contributed by atoms with Crippen molar-refractivity contribution in [2.24, 2.45) is 10.9 Å². The Morgan fingerprint density at radius 3 is 1.87 bits per heavy atom. The van der Waals surface area contributed by atoms with E-state index in [-0.39, 0.29) is 33.5 Å². The van der Waals surface area contributed by atoms with Crippen LogP contribution in [0.4, 0.5) is 17.1 Å². The summed E-state index contributed by atoms with van der Waals surface area (Å²) in [5, 5.41) is 30.7. The highest BCUT2D eigenvalue weighted by Crippen LogP contribution is 2.40. The molecular weight excluding hydrogens is 735 g/mol. The van der Waals surface area contributed by atoms with Crippen molar-refractivity contribution in [3.63, 3.8) is 0 Å². The summed E-state index contributed by atoms with van der Waals surface area (Å²) in [4.78, 5) is 15.2. The lowest BCUT2D eigenvalue weighted by Crippen LogP contribution is -2.47. The molecule has 0 bridgehead atoms. The largest absolute Gasteiger partial charge is 0.410 e. The maximum absolute atomic E-state index is 13.2. The molecule has 3 saturated heterocycles. The summed E-state index contributed by atoms with van der Waals surface area (Å²) in [5.74, 6) is 0. The predicted molar refractivity (Wildman–Crippen MR) is 211 cm³/mol. The second-order valence-electron chi connectivity index (χ2n) is 13.4. The average Bonchev–Trinajstić information content (AvgIpc) is 3.50. The van der Waals surface area contributed by atoms with E-state index in [4.69, 9.17) is 5.73 Å². The highest BCUT2D eigenvalue weighted by molar-refractivity contribution is 7.89. The molecule has 3 aliphatic heterocycles. The molecule has 3 heterocycles. The van der Waals surface area contributed by atoms with Gasteiger partial charge in [0.1, 0.15) is 11.4 Å². The summed E-state index contributed by atoms with van der Waals surface area (Å²) < 4.78 is 55.7. The summed E-state index contributed by atoms with van der Waals surface area (Å²) in [7, 11) is -5.46. The van der Waals surface area contributed by atoms with Gasteiger partial charge in [-0.15, -0.1) is 0 Å². The van der Waals surface area contributed by atoms with Gasteiger partial charge in [0.05, 0.1) is 14.7 Å². The molecule has 4 aliphatic rings. The molecule has 3 aromatic carbocycles. The number of nitrogens with one attached hydrogen (secondary N) is 2. The van der Waals surface area contributed by atoms with E-state index in [1.54, 1.807) is 36.4 Å². The number of anilines is 2. The number of nitro groups is 1. The van der Waals surface area contributed by atoms with Crippen LogP contribution in [0, 0.1) is 10.1 Å². The fraction of sp³-hybridized carbons (Fsp3) is 0.472. The highest BCUT2D eigenvalue weighted by Gasteiger charge is 2.34. The number of piperazine rings is 2. The van der Waals surface area contributed by atoms with Crippen molar-refractivity contribution in [1.82, 2.24) is 18.8 Å². The van der Waals surface area contributed by atoms with Crippen molar-refractivity contribution in [1.29, 1.82) is 0 Å². The summed E-state index contributed by atoms with van der Waals surface area (Å²) in [5.41, 5.74) is 9.72. The third-order valence-corrected chi connectivity index (χ3v) is 13.8. The smallest absolute Gasteiger partial charge is 0.292 e. The predicted octanol–water partition coefficient (Wildman–Crippen LogP) is 3.02. The number of hydrogen-bond acceptors (Lipinski definition) is 13. The molecule has 294 valence electrons. The van der Waals surface area contributed by atoms with E-state index in [0.29, 0.717) is 93.4 Å². The van der Waals surface area contributed by atoms with Crippen molar-refractivity contribution in [2.45, 2.75) is 36.5 Å². The molecule has 0 aromatic heterocycles. The fourth-order valence-electron chi connectivity index (χ4n) is 7.09. The van der Waals surface area contributed by atoms with E-state index >= 15 is 0 Å². The quantitative estimate of drug-likeness (QED) is 0.110. The van der Waals surface area contributed by atoms with Crippen LogP contribution in [0.25, 0.3) is 11.1 Å². The van der Waals surface area contributed by atoms with Crippen LogP contribution < -0.4 is 21.3 Å². The monoisotopic (exact) mass is 785 g/mol. The van der Waals surface area contributed by atoms with E-state index in [2.05, 4.69) is 25.6 Å². The molecule has 54 heavy (non-hydrogen) atoms. The molecule has 16 nitrogen and oxygen atoms in total. The first-order valence-corrected chi connectivity index (χ1v) is 20.7. The minimum atomic E-state index is -3.71. The second kappa shape index (κ2) is 17.5. The van der Waals surface area contributed by atoms with Gasteiger partial charge in [-0.3, -0.25) is 10.1 Å². The number of nitro benzene ring substituents is 1. The standard InChI is InChI=1S/C22H27N5O5S2.C13H20N4O2.CH4/c1-25-10-12-27(13-11-25)34(31,32)17-3-5-19-18-4-2-16(14-20(18)22(24-28)21(19)15-17)33(29,30)26-8-6-23-7-9-26;14-6-7-15-11-4-5-12(17(18)19)13(10-11)16-8-2-1-3-9-16;/h2-5,14-15,23,28H,6-13H2,1H3;4-5,10,15H,1-3,6-9,14H2;1H4/b24-22+;;. The molecule has 0 saturated carbocycles. The van der Waals surface area contributed by atoms with Crippen molar-refractivity contribution in [3.05, 3.63) is 75.8 Å². The third-order valence-electron chi connectivity index (χ3n) is 10.0. The van der Waals surface area contributed by atoms with Crippen LogP contribution in [0.5, 0.6) is 0 Å². The minimum Gasteiger partial charge on any atom is -0.410 e. The van der Waals surface area contributed by atoms with Gasteiger partial charge >= 0.3 is 0 Å². The number of fused-ring (bicyclic) bond motifs is 3. The van der Waals surface area contributed by atoms with E-state index < -0.39 is 20.0 Å². The molecule has 3 aromatic rings. The zero-order valence-corrected chi connectivity index (χ0v) is 31.4. The van der Waals surface area contributed by atoms with Gasteiger partial charge < -0.3 is 31.4 Å². The normalized spacial score (nSPS) is 18.9.